The van der Waals surface area contributed by atoms with Gasteiger partial charge in [-0.15, -0.1) is 0 Å². The molecule has 1 heterocycles. The van der Waals surface area contributed by atoms with E-state index in [-0.39, 0.29) is 16.8 Å². The molecule has 0 fully saturated rings. The first-order valence-electron chi connectivity index (χ1n) is 6.24. The highest BCUT2D eigenvalue weighted by Crippen LogP contribution is 2.19. The number of thiocarbonyl (C=S) groups is 1. The van der Waals surface area contributed by atoms with Gasteiger partial charge in [0.05, 0.1) is 10.9 Å². The van der Waals surface area contributed by atoms with Crippen LogP contribution in [-0.4, -0.2) is 22.3 Å². The van der Waals surface area contributed by atoms with E-state index in [0.29, 0.717) is 6.54 Å². The van der Waals surface area contributed by atoms with Crippen molar-refractivity contribution < 1.29 is 4.79 Å². The maximum atomic E-state index is 12.3. The Labute approximate surface area is 113 Å². The highest BCUT2D eigenvalue weighted by molar-refractivity contribution is 7.80. The Hall–Kier alpha value is -1.42. The van der Waals surface area contributed by atoms with Crippen molar-refractivity contribution in [1.82, 2.24) is 4.90 Å². The van der Waals surface area contributed by atoms with Gasteiger partial charge in [-0.1, -0.05) is 36.5 Å². The molecular weight excluding hydrogens is 244 g/mol. The molecule has 0 saturated carbocycles. The van der Waals surface area contributed by atoms with Crippen LogP contribution in [0.4, 0.5) is 0 Å². The summed E-state index contributed by atoms with van der Waals surface area (Å²) in [4.78, 5) is 14.4. The number of hydrogen-bond acceptors (Lipinski definition) is 2. The van der Waals surface area contributed by atoms with Gasteiger partial charge in [0.1, 0.15) is 0 Å². The number of nitrogens with zero attached hydrogens (tertiary/aromatic N) is 1. The van der Waals surface area contributed by atoms with Gasteiger partial charge in [-0.2, -0.15) is 0 Å². The smallest absolute Gasteiger partial charge is 0.232 e. The normalized spacial score (nSPS) is 16.6. The van der Waals surface area contributed by atoms with Crippen LogP contribution in [0.2, 0.25) is 0 Å². The lowest BCUT2D eigenvalue weighted by Crippen LogP contribution is -2.39. The molecule has 0 radical (unpaired) electrons. The van der Waals surface area contributed by atoms with Crippen molar-refractivity contribution in [2.45, 2.75) is 26.3 Å². The Kier molecular flexibility index (Phi) is 3.97. The first-order valence-corrected chi connectivity index (χ1v) is 6.65. The van der Waals surface area contributed by atoms with E-state index in [4.69, 9.17) is 18.0 Å². The molecule has 1 aromatic carbocycles. The fourth-order valence-electron chi connectivity index (χ4n) is 2.28. The first-order chi connectivity index (χ1) is 8.59. The Bertz CT molecular complexity index is 473. The monoisotopic (exact) mass is 262 g/mol. The summed E-state index contributed by atoms with van der Waals surface area (Å²) in [5.41, 5.74) is 8.14. The van der Waals surface area contributed by atoms with E-state index in [9.17, 15) is 4.79 Å². The predicted molar refractivity (Wildman–Crippen MR) is 76.1 cm³/mol. The third-order valence-electron chi connectivity index (χ3n) is 3.46. The molecule has 1 unspecified atom stereocenters. The summed E-state index contributed by atoms with van der Waals surface area (Å²) in [7, 11) is 0. The number of benzene rings is 1. The lowest BCUT2D eigenvalue weighted by molar-refractivity contribution is -0.133. The van der Waals surface area contributed by atoms with Crippen molar-refractivity contribution in [1.29, 1.82) is 0 Å². The largest absolute Gasteiger partial charge is 0.393 e. The van der Waals surface area contributed by atoms with E-state index in [1.807, 2.05) is 17.0 Å². The number of amides is 1. The lowest BCUT2D eigenvalue weighted by Gasteiger charge is -2.24. The van der Waals surface area contributed by atoms with Gasteiger partial charge in [0.15, 0.2) is 0 Å². The number of carbonyl (C=O) groups is 1. The Morgan fingerprint density at radius 3 is 2.72 bits per heavy atom. The van der Waals surface area contributed by atoms with Crippen molar-refractivity contribution in [2.24, 2.45) is 11.7 Å². The molecule has 0 bridgehead atoms. The number of hydrogen-bond donors (Lipinski definition) is 1. The zero-order valence-electron chi connectivity index (χ0n) is 10.6. The molecule has 1 aliphatic rings. The van der Waals surface area contributed by atoms with Crippen molar-refractivity contribution in [3.63, 3.8) is 0 Å². The standard InChI is InChI=1S/C14H18N2OS/c1-10(13(15)18)14(17)16-8-4-7-11-5-2-3-6-12(11)9-16/h2-3,5-6,10H,4,7-9H2,1H3,(H2,15,18). The molecule has 1 aliphatic heterocycles. The Morgan fingerprint density at radius 1 is 1.39 bits per heavy atom. The molecule has 1 atom stereocenters. The topological polar surface area (TPSA) is 46.3 Å². The number of carbonyl (C=O) groups excluding carboxylic acids is 1. The summed E-state index contributed by atoms with van der Waals surface area (Å²) in [6, 6.07) is 8.30. The number of aryl methyl sites for hydroxylation is 1. The fraction of sp³-hybridized carbons (Fsp3) is 0.429. The number of fused-ring (bicyclic) bond motifs is 1. The van der Waals surface area contributed by atoms with Crippen LogP contribution in [0.5, 0.6) is 0 Å². The van der Waals surface area contributed by atoms with E-state index < -0.39 is 0 Å². The van der Waals surface area contributed by atoms with Crippen LogP contribution >= 0.6 is 12.2 Å². The third kappa shape index (κ3) is 2.70. The summed E-state index contributed by atoms with van der Waals surface area (Å²) in [6.07, 6.45) is 2.02. The lowest BCUT2D eigenvalue weighted by atomic mass is 10.0. The second-order valence-electron chi connectivity index (χ2n) is 4.76. The van der Waals surface area contributed by atoms with Crippen LogP contribution in [0, 0.1) is 5.92 Å². The molecule has 18 heavy (non-hydrogen) atoms. The van der Waals surface area contributed by atoms with E-state index >= 15 is 0 Å². The molecule has 0 aliphatic carbocycles. The van der Waals surface area contributed by atoms with Gasteiger partial charge in [0.2, 0.25) is 5.91 Å². The second kappa shape index (κ2) is 5.48. The molecule has 96 valence electrons. The van der Waals surface area contributed by atoms with Crippen molar-refractivity contribution in [2.75, 3.05) is 6.54 Å². The van der Waals surface area contributed by atoms with Gasteiger partial charge >= 0.3 is 0 Å². The minimum Gasteiger partial charge on any atom is -0.393 e. The zero-order valence-corrected chi connectivity index (χ0v) is 11.4. The number of nitrogens with two attached hydrogens (primary N) is 1. The van der Waals surface area contributed by atoms with Gasteiger partial charge in [0, 0.05) is 13.1 Å². The van der Waals surface area contributed by atoms with Crippen molar-refractivity contribution >= 4 is 23.1 Å². The van der Waals surface area contributed by atoms with Crippen molar-refractivity contribution in [3.05, 3.63) is 35.4 Å². The Balaban J connectivity index is 2.17. The highest BCUT2D eigenvalue weighted by Gasteiger charge is 2.24. The van der Waals surface area contributed by atoms with Crippen LogP contribution in [0.25, 0.3) is 0 Å². The maximum Gasteiger partial charge on any atom is 0.232 e. The molecule has 0 saturated heterocycles. The van der Waals surface area contributed by atoms with Gasteiger partial charge in [-0.05, 0) is 30.9 Å². The SMILES string of the molecule is CC(C(=O)N1CCCc2ccccc2C1)C(N)=S. The average molecular weight is 262 g/mol. The van der Waals surface area contributed by atoms with Gasteiger partial charge in [-0.3, -0.25) is 4.79 Å². The average Bonchev–Trinajstić information content (AvgIpc) is 2.58. The second-order valence-corrected chi connectivity index (χ2v) is 5.23. The van der Waals surface area contributed by atoms with Crippen LogP contribution in [0.1, 0.15) is 24.5 Å². The van der Waals surface area contributed by atoms with Gasteiger partial charge < -0.3 is 10.6 Å². The van der Waals surface area contributed by atoms with E-state index in [0.717, 1.165) is 19.4 Å². The van der Waals surface area contributed by atoms with Crippen molar-refractivity contribution in [3.8, 4) is 0 Å². The molecule has 0 aromatic heterocycles. The molecule has 4 heteroatoms. The van der Waals surface area contributed by atoms with Crippen LogP contribution in [0.15, 0.2) is 24.3 Å². The fourth-order valence-corrected chi connectivity index (χ4v) is 2.39. The molecule has 3 nitrogen and oxygen atoms in total. The predicted octanol–water partition coefficient (Wildman–Crippen LogP) is 1.88. The van der Waals surface area contributed by atoms with E-state index in [2.05, 4.69) is 12.1 Å². The quantitative estimate of drug-likeness (QED) is 0.828. The third-order valence-corrected chi connectivity index (χ3v) is 3.82. The Morgan fingerprint density at radius 2 is 2.06 bits per heavy atom. The summed E-state index contributed by atoms with van der Waals surface area (Å²) < 4.78 is 0. The molecule has 2 rings (SSSR count). The molecule has 1 amide bonds. The van der Waals surface area contributed by atoms with E-state index in [1.54, 1.807) is 6.92 Å². The van der Waals surface area contributed by atoms with Crippen LogP contribution in [0.3, 0.4) is 0 Å². The molecule has 0 spiro atoms. The van der Waals surface area contributed by atoms with Crippen LogP contribution < -0.4 is 5.73 Å². The summed E-state index contributed by atoms with van der Waals surface area (Å²) in [5.74, 6) is -0.329. The van der Waals surface area contributed by atoms with Gasteiger partial charge in [-0.25, -0.2) is 0 Å². The zero-order chi connectivity index (χ0) is 13.1. The van der Waals surface area contributed by atoms with Gasteiger partial charge in [0.25, 0.3) is 0 Å². The minimum atomic E-state index is -0.370. The molecular formula is C14H18N2OS. The first kappa shape index (κ1) is 13.0. The van der Waals surface area contributed by atoms with Crippen LogP contribution in [-0.2, 0) is 17.8 Å². The summed E-state index contributed by atoms with van der Waals surface area (Å²) in [6.45, 7) is 3.23. The maximum absolute atomic E-state index is 12.3. The molecule has 2 N–H and O–H groups in total. The summed E-state index contributed by atoms with van der Waals surface area (Å²) in [5, 5.41) is 0. The van der Waals surface area contributed by atoms with E-state index in [1.165, 1.54) is 11.1 Å². The highest BCUT2D eigenvalue weighted by atomic mass is 32.1. The summed E-state index contributed by atoms with van der Waals surface area (Å²) >= 11 is 4.91. The number of rotatable bonds is 2. The minimum absolute atomic E-state index is 0.0409. The molecule has 1 aromatic rings.